The Labute approximate surface area is 111 Å². The quantitative estimate of drug-likeness (QED) is 0.375. The number of ether oxygens (including phenoxy) is 2. The lowest BCUT2D eigenvalue weighted by Crippen LogP contribution is -2.21. The molecular weight excluding hydrogens is 280 g/mol. The summed E-state index contributed by atoms with van der Waals surface area (Å²) in [7, 11) is 0. The van der Waals surface area contributed by atoms with Gasteiger partial charge in [-0.05, 0) is 12.1 Å². The molecule has 0 aliphatic heterocycles. The summed E-state index contributed by atoms with van der Waals surface area (Å²) in [6.45, 7) is -1.48. The van der Waals surface area contributed by atoms with Crippen LogP contribution < -0.4 is 0 Å². The Hall–Kier alpha value is -1.52. The third-order valence-electron chi connectivity index (χ3n) is 1.81. The van der Waals surface area contributed by atoms with Crippen molar-refractivity contribution in [3.8, 4) is 0 Å². The molecule has 0 bridgehead atoms. The van der Waals surface area contributed by atoms with Gasteiger partial charge in [0.1, 0.15) is 23.0 Å². The Balaban J connectivity index is 2.66. The normalized spacial score (nSPS) is 13.7. The van der Waals surface area contributed by atoms with E-state index in [0.717, 1.165) is 11.3 Å². The molecule has 2 atom stereocenters. The van der Waals surface area contributed by atoms with Crippen LogP contribution in [0.1, 0.15) is 19.3 Å². The average Bonchev–Trinajstić information content (AvgIpc) is 2.87. The molecule has 0 aliphatic carbocycles. The highest BCUT2D eigenvalue weighted by Gasteiger charge is 2.19. The second-order valence-corrected chi connectivity index (χ2v) is 4.33. The minimum atomic E-state index is -1.64. The van der Waals surface area contributed by atoms with Crippen molar-refractivity contribution in [1.82, 2.24) is 0 Å². The number of aliphatic hydroxyl groups excluding tert-OH is 4. The van der Waals surface area contributed by atoms with Crippen molar-refractivity contribution in [2.75, 3.05) is 13.2 Å². The molecule has 0 aromatic carbocycles. The summed E-state index contributed by atoms with van der Waals surface area (Å²) in [6, 6.07) is 2.53. The third kappa shape index (κ3) is 4.58. The number of thiophene rings is 1. The topological polar surface area (TPSA) is 134 Å². The van der Waals surface area contributed by atoms with E-state index in [0.29, 0.717) is 0 Å². The van der Waals surface area contributed by atoms with E-state index < -0.39 is 37.7 Å². The van der Waals surface area contributed by atoms with Gasteiger partial charge in [0.05, 0.1) is 0 Å². The molecule has 1 aromatic heterocycles. The Kier molecular flexibility index (Phi) is 5.86. The molecule has 4 N–H and O–H groups in total. The Morgan fingerprint density at radius 1 is 1.00 bits per heavy atom. The van der Waals surface area contributed by atoms with Crippen molar-refractivity contribution in [3.05, 3.63) is 21.9 Å². The van der Waals surface area contributed by atoms with Crippen LogP contribution in [0.5, 0.6) is 0 Å². The minimum Gasteiger partial charge on any atom is -0.429 e. The van der Waals surface area contributed by atoms with E-state index >= 15 is 0 Å². The zero-order valence-corrected chi connectivity index (χ0v) is 10.4. The summed E-state index contributed by atoms with van der Waals surface area (Å²) >= 11 is 0.719. The van der Waals surface area contributed by atoms with Crippen LogP contribution in [0.2, 0.25) is 0 Å². The van der Waals surface area contributed by atoms with Crippen molar-refractivity contribution in [1.29, 1.82) is 0 Å². The van der Waals surface area contributed by atoms with Crippen molar-refractivity contribution < 1.29 is 39.5 Å². The molecule has 19 heavy (non-hydrogen) atoms. The van der Waals surface area contributed by atoms with Crippen LogP contribution in [0.15, 0.2) is 12.1 Å². The molecular formula is C10H12O8S. The van der Waals surface area contributed by atoms with Gasteiger partial charge >= 0.3 is 11.9 Å². The second kappa shape index (κ2) is 7.16. The molecule has 0 radical (unpaired) electrons. The van der Waals surface area contributed by atoms with Crippen molar-refractivity contribution in [2.24, 2.45) is 0 Å². The van der Waals surface area contributed by atoms with E-state index in [-0.39, 0.29) is 9.75 Å². The first-order valence-corrected chi connectivity index (χ1v) is 5.89. The first-order valence-electron chi connectivity index (χ1n) is 5.07. The predicted molar refractivity (Wildman–Crippen MR) is 61.3 cm³/mol. The van der Waals surface area contributed by atoms with Gasteiger partial charge in [-0.1, -0.05) is 0 Å². The maximum Gasteiger partial charge on any atom is 0.350 e. The van der Waals surface area contributed by atoms with Gasteiger partial charge in [0.25, 0.3) is 0 Å². The maximum absolute atomic E-state index is 11.4. The lowest BCUT2D eigenvalue weighted by atomic mass is 10.4. The molecule has 1 heterocycles. The van der Waals surface area contributed by atoms with E-state index in [2.05, 4.69) is 9.47 Å². The zero-order valence-electron chi connectivity index (χ0n) is 9.55. The van der Waals surface area contributed by atoms with Crippen LogP contribution in [-0.2, 0) is 9.47 Å². The molecule has 0 aliphatic rings. The fourth-order valence-electron chi connectivity index (χ4n) is 0.995. The summed E-state index contributed by atoms with van der Waals surface area (Å²) < 4.78 is 8.83. The number of aliphatic hydroxyl groups is 4. The van der Waals surface area contributed by atoms with E-state index in [4.69, 9.17) is 20.4 Å². The van der Waals surface area contributed by atoms with Gasteiger partial charge in [-0.3, -0.25) is 0 Å². The van der Waals surface area contributed by atoms with Crippen LogP contribution in [0.4, 0.5) is 0 Å². The Morgan fingerprint density at radius 3 is 1.68 bits per heavy atom. The SMILES string of the molecule is O=C(OC(O)CO)c1ccc(C(=O)OC(O)CO)s1. The maximum atomic E-state index is 11.4. The number of carbonyl (C=O) groups excluding carboxylic acids is 2. The first-order chi connectivity index (χ1) is 8.97. The molecule has 0 saturated carbocycles. The summed E-state index contributed by atoms with van der Waals surface area (Å²) in [5.74, 6) is -1.82. The summed E-state index contributed by atoms with van der Waals surface area (Å²) in [4.78, 5) is 22.8. The van der Waals surface area contributed by atoms with Crippen molar-refractivity contribution in [3.63, 3.8) is 0 Å². The highest BCUT2D eigenvalue weighted by atomic mass is 32.1. The third-order valence-corrected chi connectivity index (χ3v) is 2.85. The summed E-state index contributed by atoms with van der Waals surface area (Å²) in [5, 5.41) is 34.8. The molecule has 1 aromatic rings. The largest absolute Gasteiger partial charge is 0.429 e. The lowest BCUT2D eigenvalue weighted by molar-refractivity contribution is -0.0905. The molecule has 8 nitrogen and oxygen atoms in total. The van der Waals surface area contributed by atoms with Gasteiger partial charge in [-0.25, -0.2) is 9.59 Å². The summed E-state index contributed by atoms with van der Waals surface area (Å²) in [5.41, 5.74) is 0. The molecule has 0 amide bonds. The second-order valence-electron chi connectivity index (χ2n) is 3.25. The fraction of sp³-hybridized carbons (Fsp3) is 0.400. The Morgan fingerprint density at radius 2 is 1.37 bits per heavy atom. The highest BCUT2D eigenvalue weighted by molar-refractivity contribution is 7.15. The fourth-order valence-corrected chi connectivity index (χ4v) is 1.77. The number of carbonyl (C=O) groups is 2. The monoisotopic (exact) mass is 292 g/mol. The highest BCUT2D eigenvalue weighted by Crippen LogP contribution is 2.19. The smallest absolute Gasteiger partial charge is 0.350 e. The van der Waals surface area contributed by atoms with Gasteiger partial charge < -0.3 is 29.9 Å². The zero-order chi connectivity index (χ0) is 14.4. The van der Waals surface area contributed by atoms with E-state index in [1.54, 1.807) is 0 Å². The number of hydrogen-bond donors (Lipinski definition) is 4. The van der Waals surface area contributed by atoms with Crippen molar-refractivity contribution in [2.45, 2.75) is 12.6 Å². The minimum absolute atomic E-state index is 0.0120. The molecule has 9 heteroatoms. The van der Waals surface area contributed by atoms with E-state index in [9.17, 15) is 9.59 Å². The lowest BCUT2D eigenvalue weighted by Gasteiger charge is -2.08. The molecule has 0 fully saturated rings. The number of esters is 2. The Bertz CT molecular complexity index is 404. The van der Waals surface area contributed by atoms with E-state index in [1.165, 1.54) is 12.1 Å². The molecule has 2 unspecified atom stereocenters. The van der Waals surface area contributed by atoms with Crippen LogP contribution in [0.3, 0.4) is 0 Å². The van der Waals surface area contributed by atoms with Gasteiger partial charge in [-0.2, -0.15) is 0 Å². The van der Waals surface area contributed by atoms with Crippen molar-refractivity contribution >= 4 is 23.3 Å². The predicted octanol–water partition coefficient (Wildman–Crippen LogP) is -1.32. The van der Waals surface area contributed by atoms with Gasteiger partial charge in [0.15, 0.2) is 0 Å². The van der Waals surface area contributed by atoms with Crippen LogP contribution >= 0.6 is 11.3 Å². The molecule has 106 valence electrons. The van der Waals surface area contributed by atoms with Crippen LogP contribution in [0, 0.1) is 0 Å². The van der Waals surface area contributed by atoms with Crippen LogP contribution in [-0.4, -0.2) is 58.2 Å². The van der Waals surface area contributed by atoms with Gasteiger partial charge in [0, 0.05) is 0 Å². The average molecular weight is 292 g/mol. The van der Waals surface area contributed by atoms with Gasteiger partial charge in [0.2, 0.25) is 12.6 Å². The van der Waals surface area contributed by atoms with Gasteiger partial charge in [-0.15, -0.1) is 11.3 Å². The van der Waals surface area contributed by atoms with E-state index in [1.807, 2.05) is 0 Å². The first kappa shape index (κ1) is 15.5. The number of rotatable bonds is 6. The standard InChI is InChI=1S/C10H12O8S/c11-3-7(13)17-9(15)5-1-2-6(19-5)10(16)18-8(14)4-12/h1-2,7-8,11-14H,3-4H2. The van der Waals surface area contributed by atoms with Crippen LogP contribution in [0.25, 0.3) is 0 Å². The molecule has 0 saturated heterocycles. The molecule has 1 rings (SSSR count). The molecule has 0 spiro atoms. The number of hydrogen-bond acceptors (Lipinski definition) is 9. The summed E-state index contributed by atoms with van der Waals surface area (Å²) in [6.07, 6.45) is -3.28.